The number of anilines is 2. The molecule has 1 amide bonds. The Hall–Kier alpha value is -3.73. The van der Waals surface area contributed by atoms with E-state index in [4.69, 9.17) is 9.47 Å². The zero-order chi connectivity index (χ0) is 22.9. The number of carbonyl (C=O) groups excluding carboxylic acids is 1. The van der Waals surface area contributed by atoms with E-state index in [1.807, 2.05) is 19.9 Å². The minimum absolute atomic E-state index is 0.0204. The Bertz CT molecular complexity index is 993. The number of benzene rings is 2. The molecule has 1 N–H and O–H groups in total. The molecule has 8 heteroatoms. The van der Waals surface area contributed by atoms with E-state index >= 15 is 0 Å². The topological polar surface area (TPSA) is 77.8 Å². The smallest absolute Gasteiger partial charge is 0.266 e. The van der Waals surface area contributed by atoms with Gasteiger partial charge in [-0.1, -0.05) is 0 Å². The first-order valence-corrected chi connectivity index (χ1v) is 10.6. The van der Waals surface area contributed by atoms with Gasteiger partial charge >= 0.3 is 0 Å². The fourth-order valence-corrected chi connectivity index (χ4v) is 3.43. The van der Waals surface area contributed by atoms with Crippen LogP contribution in [0.3, 0.4) is 0 Å². The van der Waals surface area contributed by atoms with Crippen LogP contribution < -0.4 is 19.7 Å². The van der Waals surface area contributed by atoms with Crippen molar-refractivity contribution in [3.05, 3.63) is 60.1 Å². The number of nitrogens with zero attached hydrogens (tertiary/aromatic N) is 3. The van der Waals surface area contributed by atoms with E-state index < -0.39 is 0 Å². The number of rotatable bonds is 8. The Kier molecular flexibility index (Phi) is 7.92. The number of amides is 1. The Morgan fingerprint density at radius 2 is 1.72 bits per heavy atom. The maximum absolute atomic E-state index is 13.1. The van der Waals surface area contributed by atoms with Crippen LogP contribution in [0.25, 0.3) is 0 Å². The number of nitrogens with one attached hydrogen (secondary N) is 1. The van der Waals surface area contributed by atoms with E-state index in [0.29, 0.717) is 56.6 Å². The molecule has 0 atom stereocenters. The number of hydrogen-bond acceptors (Lipinski definition) is 6. The lowest BCUT2D eigenvalue weighted by Gasteiger charge is -2.36. The normalized spacial score (nSPS) is 14.0. The molecule has 0 radical (unpaired) electrons. The summed E-state index contributed by atoms with van der Waals surface area (Å²) < 4.78 is 24.3. The molecule has 2 aromatic rings. The predicted octanol–water partition coefficient (Wildman–Crippen LogP) is 3.79. The molecule has 0 aromatic heterocycles. The largest absolute Gasteiger partial charge is 0.490 e. The SMILES string of the molecule is CCOc1ccc(N/C=C(/C#N)C(=O)N2CCN(c3ccc(F)cc3)CC2)cc1OCC. The van der Waals surface area contributed by atoms with Crippen molar-refractivity contribution in [2.75, 3.05) is 49.6 Å². The first-order valence-electron chi connectivity index (χ1n) is 10.6. The second-order valence-electron chi connectivity index (χ2n) is 7.10. The minimum atomic E-state index is -0.324. The zero-order valence-corrected chi connectivity index (χ0v) is 18.3. The van der Waals surface area contributed by atoms with Crippen LogP contribution >= 0.6 is 0 Å². The predicted molar refractivity (Wildman–Crippen MR) is 121 cm³/mol. The first-order chi connectivity index (χ1) is 15.5. The van der Waals surface area contributed by atoms with E-state index in [2.05, 4.69) is 10.2 Å². The van der Waals surface area contributed by atoms with Crippen molar-refractivity contribution in [2.45, 2.75) is 13.8 Å². The van der Waals surface area contributed by atoms with E-state index in [-0.39, 0.29) is 17.3 Å². The van der Waals surface area contributed by atoms with Crippen LogP contribution in [0.5, 0.6) is 11.5 Å². The Morgan fingerprint density at radius 1 is 1.06 bits per heavy atom. The van der Waals surface area contributed by atoms with Gasteiger partial charge in [0.2, 0.25) is 0 Å². The van der Waals surface area contributed by atoms with Gasteiger partial charge in [0.15, 0.2) is 11.5 Å². The van der Waals surface area contributed by atoms with Gasteiger partial charge in [-0.2, -0.15) is 5.26 Å². The van der Waals surface area contributed by atoms with E-state index in [0.717, 1.165) is 5.69 Å². The zero-order valence-electron chi connectivity index (χ0n) is 18.3. The number of halogens is 1. The van der Waals surface area contributed by atoms with Crippen molar-refractivity contribution in [1.29, 1.82) is 5.26 Å². The molecule has 0 unspecified atom stereocenters. The average molecular weight is 439 g/mol. The Morgan fingerprint density at radius 3 is 2.34 bits per heavy atom. The molecule has 1 fully saturated rings. The molecule has 168 valence electrons. The molecule has 32 heavy (non-hydrogen) atoms. The molecule has 1 saturated heterocycles. The molecule has 0 spiro atoms. The van der Waals surface area contributed by atoms with Gasteiger partial charge in [-0.25, -0.2) is 4.39 Å². The molecule has 7 nitrogen and oxygen atoms in total. The number of piperazine rings is 1. The standard InChI is InChI=1S/C24H27FN4O3/c1-3-31-22-10-7-20(15-23(22)32-4-2)27-17-18(16-26)24(30)29-13-11-28(12-14-29)21-8-5-19(25)6-9-21/h5-10,15,17,27H,3-4,11-14H2,1-2H3/b18-17-. The highest BCUT2D eigenvalue weighted by Crippen LogP contribution is 2.30. The fraction of sp³-hybridized carbons (Fsp3) is 0.333. The number of nitriles is 1. The molecule has 2 aromatic carbocycles. The summed E-state index contributed by atoms with van der Waals surface area (Å²) in [6, 6.07) is 13.6. The third-order valence-corrected chi connectivity index (χ3v) is 5.04. The second-order valence-corrected chi connectivity index (χ2v) is 7.10. The molecule has 1 aliphatic rings. The minimum Gasteiger partial charge on any atom is -0.490 e. The van der Waals surface area contributed by atoms with Crippen LogP contribution in [-0.2, 0) is 4.79 Å². The van der Waals surface area contributed by atoms with Crippen LogP contribution in [0.4, 0.5) is 15.8 Å². The van der Waals surface area contributed by atoms with Gasteiger partial charge in [0.05, 0.1) is 13.2 Å². The van der Waals surface area contributed by atoms with Gasteiger partial charge < -0.3 is 24.6 Å². The monoisotopic (exact) mass is 438 g/mol. The summed E-state index contributed by atoms with van der Waals surface area (Å²) in [6.07, 6.45) is 1.42. The molecular formula is C24H27FN4O3. The van der Waals surface area contributed by atoms with Crippen molar-refractivity contribution in [1.82, 2.24) is 4.90 Å². The maximum Gasteiger partial charge on any atom is 0.266 e. The first kappa shape index (κ1) is 22.9. The number of hydrogen-bond donors (Lipinski definition) is 1. The lowest BCUT2D eigenvalue weighted by atomic mass is 10.2. The summed E-state index contributed by atoms with van der Waals surface area (Å²) in [7, 11) is 0. The van der Waals surface area contributed by atoms with Crippen molar-refractivity contribution >= 4 is 17.3 Å². The molecule has 1 aliphatic heterocycles. The summed E-state index contributed by atoms with van der Waals surface area (Å²) in [6.45, 7) is 6.98. The van der Waals surface area contributed by atoms with Crippen LogP contribution in [0.15, 0.2) is 54.2 Å². The van der Waals surface area contributed by atoms with Crippen LogP contribution in [0.1, 0.15) is 13.8 Å². The highest BCUT2D eigenvalue weighted by Gasteiger charge is 2.24. The summed E-state index contributed by atoms with van der Waals surface area (Å²) in [5.74, 6) is 0.628. The molecule has 0 bridgehead atoms. The maximum atomic E-state index is 13.1. The Labute approximate surface area is 187 Å². The van der Waals surface area contributed by atoms with Gasteiger partial charge in [0.25, 0.3) is 5.91 Å². The van der Waals surface area contributed by atoms with E-state index in [1.54, 1.807) is 35.2 Å². The van der Waals surface area contributed by atoms with Crippen LogP contribution in [0, 0.1) is 17.1 Å². The van der Waals surface area contributed by atoms with Gasteiger partial charge in [-0.3, -0.25) is 4.79 Å². The van der Waals surface area contributed by atoms with Gasteiger partial charge in [-0.15, -0.1) is 0 Å². The molecule has 3 rings (SSSR count). The third-order valence-electron chi connectivity index (χ3n) is 5.04. The van der Waals surface area contributed by atoms with Gasteiger partial charge in [0, 0.05) is 49.8 Å². The van der Waals surface area contributed by atoms with Crippen molar-refractivity contribution < 1.29 is 18.7 Å². The molecule has 0 aliphatic carbocycles. The number of carbonyl (C=O) groups is 1. The summed E-state index contributed by atoms with van der Waals surface area (Å²) >= 11 is 0. The van der Waals surface area contributed by atoms with Crippen LogP contribution in [-0.4, -0.2) is 50.2 Å². The third kappa shape index (κ3) is 5.70. The lowest BCUT2D eigenvalue weighted by Crippen LogP contribution is -2.49. The van der Waals surface area contributed by atoms with Gasteiger partial charge in [0.1, 0.15) is 17.5 Å². The highest BCUT2D eigenvalue weighted by molar-refractivity contribution is 5.97. The summed E-state index contributed by atoms with van der Waals surface area (Å²) in [4.78, 5) is 16.6. The van der Waals surface area contributed by atoms with Gasteiger partial charge in [-0.05, 0) is 50.2 Å². The molecular weight excluding hydrogens is 411 g/mol. The fourth-order valence-electron chi connectivity index (χ4n) is 3.43. The van der Waals surface area contributed by atoms with Crippen molar-refractivity contribution in [2.24, 2.45) is 0 Å². The highest BCUT2D eigenvalue weighted by atomic mass is 19.1. The molecule has 0 saturated carbocycles. The van der Waals surface area contributed by atoms with Crippen LogP contribution in [0.2, 0.25) is 0 Å². The van der Waals surface area contributed by atoms with E-state index in [1.165, 1.54) is 18.3 Å². The Balaban J connectivity index is 1.63. The summed E-state index contributed by atoms with van der Waals surface area (Å²) in [5, 5.41) is 12.5. The second kappa shape index (κ2) is 11.0. The van der Waals surface area contributed by atoms with E-state index in [9.17, 15) is 14.4 Å². The lowest BCUT2D eigenvalue weighted by molar-refractivity contribution is -0.127. The number of ether oxygens (including phenoxy) is 2. The molecule has 1 heterocycles. The summed E-state index contributed by atoms with van der Waals surface area (Å²) in [5.41, 5.74) is 1.61. The average Bonchev–Trinajstić information content (AvgIpc) is 2.82. The van der Waals surface area contributed by atoms with Crippen molar-refractivity contribution in [3.63, 3.8) is 0 Å². The quantitative estimate of drug-likeness (QED) is 0.499. The van der Waals surface area contributed by atoms with Crippen molar-refractivity contribution in [3.8, 4) is 17.6 Å².